The smallest absolute Gasteiger partial charge is 0.260 e. The lowest BCUT2D eigenvalue weighted by Crippen LogP contribution is -2.38. The SMILES string of the molecule is O=C(CNS(=O)(=O)c1c(Cl)nc2sccn12)N1CCCC1. The highest BCUT2D eigenvalue weighted by Gasteiger charge is 2.27. The average Bonchev–Trinajstić information content (AvgIpc) is 3.10. The molecule has 1 saturated heterocycles. The molecular formula is C11H13ClN4O3S2. The molecule has 1 N–H and O–H groups in total. The summed E-state index contributed by atoms with van der Waals surface area (Å²) >= 11 is 7.18. The number of rotatable bonds is 4. The van der Waals surface area contributed by atoms with Gasteiger partial charge in [-0.3, -0.25) is 9.20 Å². The van der Waals surface area contributed by atoms with Crippen molar-refractivity contribution in [2.45, 2.75) is 17.9 Å². The topological polar surface area (TPSA) is 83.8 Å². The molecule has 2 aromatic rings. The van der Waals surface area contributed by atoms with Crippen molar-refractivity contribution in [2.24, 2.45) is 0 Å². The number of carbonyl (C=O) groups excluding carboxylic acids is 1. The molecule has 0 radical (unpaired) electrons. The Balaban J connectivity index is 1.79. The number of hydrogen-bond acceptors (Lipinski definition) is 5. The molecule has 0 bridgehead atoms. The summed E-state index contributed by atoms with van der Waals surface area (Å²) in [6, 6.07) is 0. The van der Waals surface area contributed by atoms with Gasteiger partial charge in [0.2, 0.25) is 5.91 Å². The van der Waals surface area contributed by atoms with Crippen LogP contribution in [0.4, 0.5) is 0 Å². The van der Waals surface area contributed by atoms with E-state index >= 15 is 0 Å². The summed E-state index contributed by atoms with van der Waals surface area (Å²) < 4.78 is 28.3. The molecule has 0 saturated carbocycles. The minimum absolute atomic E-state index is 0.0945. The highest BCUT2D eigenvalue weighted by Crippen LogP contribution is 2.25. The maximum absolute atomic E-state index is 12.3. The fraction of sp³-hybridized carbons (Fsp3) is 0.455. The van der Waals surface area contributed by atoms with Crippen LogP contribution in [0.1, 0.15) is 12.8 Å². The first-order valence-electron chi connectivity index (χ1n) is 6.37. The first-order chi connectivity index (χ1) is 9.99. The van der Waals surface area contributed by atoms with Crippen molar-refractivity contribution >= 4 is 43.8 Å². The molecule has 3 heterocycles. The highest BCUT2D eigenvalue weighted by molar-refractivity contribution is 7.89. The monoisotopic (exact) mass is 348 g/mol. The third kappa shape index (κ3) is 2.78. The Labute approximate surface area is 130 Å². The van der Waals surface area contributed by atoms with E-state index in [1.165, 1.54) is 15.7 Å². The minimum atomic E-state index is -3.89. The number of thiazole rings is 1. The van der Waals surface area contributed by atoms with Crippen LogP contribution >= 0.6 is 22.9 Å². The molecule has 10 heteroatoms. The number of aromatic nitrogens is 2. The second kappa shape index (κ2) is 5.56. The standard InChI is InChI=1S/C11H13ClN4O3S2/c12-9-10(16-5-6-20-11(16)14-9)21(18,19)13-7-8(17)15-3-1-2-4-15/h5-6,13H,1-4,7H2. The quantitative estimate of drug-likeness (QED) is 0.891. The van der Waals surface area contributed by atoms with E-state index in [0.29, 0.717) is 18.1 Å². The molecule has 1 aliphatic heterocycles. The van der Waals surface area contributed by atoms with E-state index in [0.717, 1.165) is 12.8 Å². The van der Waals surface area contributed by atoms with E-state index < -0.39 is 10.0 Å². The first-order valence-corrected chi connectivity index (χ1v) is 9.11. The van der Waals surface area contributed by atoms with Gasteiger partial charge in [0, 0.05) is 24.7 Å². The zero-order chi connectivity index (χ0) is 15.0. The Hall–Kier alpha value is -1.16. The Morgan fingerprint density at radius 3 is 2.86 bits per heavy atom. The Bertz CT molecular complexity index is 777. The number of nitrogens with zero attached hydrogens (tertiary/aromatic N) is 3. The van der Waals surface area contributed by atoms with Gasteiger partial charge in [-0.15, -0.1) is 11.3 Å². The van der Waals surface area contributed by atoms with E-state index in [9.17, 15) is 13.2 Å². The van der Waals surface area contributed by atoms with E-state index in [1.807, 2.05) is 0 Å². The van der Waals surface area contributed by atoms with Gasteiger partial charge in [-0.1, -0.05) is 11.6 Å². The summed E-state index contributed by atoms with van der Waals surface area (Å²) in [5.41, 5.74) is 0. The maximum atomic E-state index is 12.3. The summed E-state index contributed by atoms with van der Waals surface area (Å²) in [7, 11) is -3.89. The van der Waals surface area contributed by atoms with Crippen molar-refractivity contribution in [3.05, 3.63) is 16.7 Å². The van der Waals surface area contributed by atoms with E-state index in [1.54, 1.807) is 16.5 Å². The van der Waals surface area contributed by atoms with Crippen LogP contribution in [0.15, 0.2) is 16.6 Å². The third-order valence-electron chi connectivity index (χ3n) is 3.31. The van der Waals surface area contributed by atoms with Crippen LogP contribution in [0.25, 0.3) is 4.96 Å². The molecule has 2 aromatic heterocycles. The molecule has 0 unspecified atom stereocenters. The minimum Gasteiger partial charge on any atom is -0.342 e. The lowest BCUT2D eigenvalue weighted by Gasteiger charge is -2.15. The highest BCUT2D eigenvalue weighted by atomic mass is 35.5. The largest absolute Gasteiger partial charge is 0.342 e. The van der Waals surface area contributed by atoms with Gasteiger partial charge in [-0.2, -0.15) is 0 Å². The van der Waals surface area contributed by atoms with Gasteiger partial charge in [-0.05, 0) is 12.8 Å². The second-order valence-electron chi connectivity index (χ2n) is 4.68. The number of imidazole rings is 1. The Kier molecular flexibility index (Phi) is 3.91. The van der Waals surface area contributed by atoms with Crippen molar-refractivity contribution in [1.82, 2.24) is 19.0 Å². The first kappa shape index (κ1) is 14.8. The van der Waals surface area contributed by atoms with E-state index in [2.05, 4.69) is 9.71 Å². The predicted molar refractivity (Wildman–Crippen MR) is 79.1 cm³/mol. The molecule has 0 aromatic carbocycles. The fourth-order valence-electron chi connectivity index (χ4n) is 2.28. The number of fused-ring (bicyclic) bond motifs is 1. The lowest BCUT2D eigenvalue weighted by atomic mass is 10.4. The summed E-state index contributed by atoms with van der Waals surface area (Å²) in [5.74, 6) is -0.224. The fourth-order valence-corrected chi connectivity index (χ4v) is 4.70. The van der Waals surface area contributed by atoms with Gasteiger partial charge in [0.25, 0.3) is 10.0 Å². The van der Waals surface area contributed by atoms with Gasteiger partial charge in [0.05, 0.1) is 6.54 Å². The summed E-state index contributed by atoms with van der Waals surface area (Å²) in [5, 5.41) is 1.49. The van der Waals surface area contributed by atoms with E-state index in [4.69, 9.17) is 11.6 Å². The van der Waals surface area contributed by atoms with Crippen molar-refractivity contribution in [2.75, 3.05) is 19.6 Å². The molecule has 21 heavy (non-hydrogen) atoms. The molecule has 3 rings (SSSR count). The maximum Gasteiger partial charge on any atom is 0.260 e. The van der Waals surface area contributed by atoms with Crippen molar-refractivity contribution in [3.8, 4) is 0 Å². The van der Waals surface area contributed by atoms with Gasteiger partial charge in [0.1, 0.15) is 0 Å². The van der Waals surface area contributed by atoms with Crippen molar-refractivity contribution in [1.29, 1.82) is 0 Å². The van der Waals surface area contributed by atoms with Crippen molar-refractivity contribution in [3.63, 3.8) is 0 Å². The Morgan fingerprint density at radius 1 is 1.43 bits per heavy atom. The number of nitrogens with one attached hydrogen (secondary N) is 1. The van der Waals surface area contributed by atoms with Crippen LogP contribution < -0.4 is 4.72 Å². The van der Waals surface area contributed by atoms with Crippen LogP contribution in [0.3, 0.4) is 0 Å². The van der Waals surface area contributed by atoms with Gasteiger partial charge < -0.3 is 4.90 Å². The molecule has 0 aliphatic carbocycles. The molecule has 0 atom stereocenters. The molecule has 1 amide bonds. The van der Waals surface area contributed by atoms with E-state index in [-0.39, 0.29) is 22.6 Å². The number of carbonyl (C=O) groups is 1. The normalized spacial score (nSPS) is 16.0. The van der Waals surface area contributed by atoms with Crippen LogP contribution in [0.5, 0.6) is 0 Å². The zero-order valence-corrected chi connectivity index (χ0v) is 13.3. The number of amides is 1. The third-order valence-corrected chi connectivity index (χ3v) is 5.86. The van der Waals surface area contributed by atoms with Crippen molar-refractivity contribution < 1.29 is 13.2 Å². The van der Waals surface area contributed by atoms with Crippen LogP contribution in [-0.4, -0.2) is 48.2 Å². The number of sulfonamides is 1. The van der Waals surface area contributed by atoms with Crippen LogP contribution in [0, 0.1) is 0 Å². The zero-order valence-electron chi connectivity index (χ0n) is 11.0. The summed E-state index contributed by atoms with van der Waals surface area (Å²) in [6.07, 6.45) is 3.50. The average molecular weight is 349 g/mol. The van der Waals surface area contributed by atoms with Gasteiger partial charge in [0.15, 0.2) is 15.1 Å². The molecular weight excluding hydrogens is 336 g/mol. The molecule has 7 nitrogen and oxygen atoms in total. The second-order valence-corrected chi connectivity index (χ2v) is 7.59. The predicted octanol–water partition coefficient (Wildman–Crippen LogP) is 0.950. The molecule has 0 spiro atoms. The lowest BCUT2D eigenvalue weighted by molar-refractivity contribution is -0.128. The molecule has 114 valence electrons. The van der Waals surface area contributed by atoms with Gasteiger partial charge in [-0.25, -0.2) is 18.1 Å². The molecule has 1 aliphatic rings. The molecule has 1 fully saturated rings. The van der Waals surface area contributed by atoms with Gasteiger partial charge >= 0.3 is 0 Å². The summed E-state index contributed by atoms with van der Waals surface area (Å²) in [4.78, 5) is 18.0. The number of halogens is 1. The Morgan fingerprint density at radius 2 is 2.14 bits per heavy atom. The van der Waals surface area contributed by atoms with Crippen LogP contribution in [0.2, 0.25) is 5.15 Å². The van der Waals surface area contributed by atoms with Crippen LogP contribution in [-0.2, 0) is 14.8 Å². The summed E-state index contributed by atoms with van der Waals surface area (Å²) in [6.45, 7) is 1.10. The number of hydrogen-bond donors (Lipinski definition) is 1. The number of likely N-dealkylation sites (tertiary alicyclic amines) is 1.